The molecule has 2 rings (SSSR count). The van der Waals surface area contributed by atoms with Gasteiger partial charge >= 0.3 is 12.0 Å². The summed E-state index contributed by atoms with van der Waals surface area (Å²) in [4.78, 5) is 22.5. The molecule has 2 fully saturated rings. The van der Waals surface area contributed by atoms with Crippen LogP contribution in [0.25, 0.3) is 0 Å². The minimum absolute atomic E-state index is 0.00982. The molecule has 2 saturated carbocycles. The first-order chi connectivity index (χ1) is 8.58. The molecule has 0 radical (unpaired) electrons. The number of carboxylic acid groups (broad SMARTS) is 1. The lowest BCUT2D eigenvalue weighted by Crippen LogP contribution is -2.52. The first-order valence-electron chi connectivity index (χ1n) is 6.41. The molecule has 0 heterocycles. The monoisotopic (exact) mass is 256 g/mol. The van der Waals surface area contributed by atoms with Gasteiger partial charge in [0.25, 0.3) is 0 Å². The van der Waals surface area contributed by atoms with Crippen molar-refractivity contribution in [3.63, 3.8) is 0 Å². The predicted molar refractivity (Wildman–Crippen MR) is 64.3 cm³/mol. The van der Waals surface area contributed by atoms with Gasteiger partial charge in [-0.2, -0.15) is 0 Å². The number of urea groups is 1. The number of carboxylic acids is 1. The zero-order chi connectivity index (χ0) is 13.1. The van der Waals surface area contributed by atoms with E-state index in [2.05, 4.69) is 10.6 Å². The number of carbonyl (C=O) groups is 2. The number of hydrogen-bond acceptors (Lipinski definition) is 3. The zero-order valence-electron chi connectivity index (χ0n) is 10.5. The SMILES string of the molecule is COC1CC(NC(=O)N[C@H]2CC[C@@H](C(=O)O)C2)C1. The molecule has 6 nitrogen and oxygen atoms in total. The molecule has 0 aromatic rings. The van der Waals surface area contributed by atoms with Gasteiger partial charge in [-0.05, 0) is 32.1 Å². The van der Waals surface area contributed by atoms with E-state index < -0.39 is 5.97 Å². The molecule has 102 valence electrons. The lowest BCUT2D eigenvalue weighted by molar-refractivity contribution is -0.141. The molecule has 2 aliphatic rings. The van der Waals surface area contributed by atoms with Crippen LogP contribution in [-0.4, -0.2) is 42.4 Å². The van der Waals surface area contributed by atoms with E-state index in [9.17, 15) is 9.59 Å². The Hall–Kier alpha value is -1.30. The normalized spacial score (nSPS) is 34.7. The molecule has 0 unspecified atom stereocenters. The quantitative estimate of drug-likeness (QED) is 0.691. The molecule has 2 atom stereocenters. The van der Waals surface area contributed by atoms with Gasteiger partial charge in [0.15, 0.2) is 0 Å². The van der Waals surface area contributed by atoms with E-state index in [0.29, 0.717) is 12.8 Å². The maximum absolute atomic E-state index is 11.7. The third-order valence-electron chi connectivity index (χ3n) is 3.88. The Morgan fingerprint density at radius 2 is 1.78 bits per heavy atom. The van der Waals surface area contributed by atoms with Crippen LogP contribution in [0.3, 0.4) is 0 Å². The molecule has 6 heteroatoms. The smallest absolute Gasteiger partial charge is 0.315 e. The van der Waals surface area contributed by atoms with Crippen molar-refractivity contribution in [2.24, 2.45) is 5.92 Å². The van der Waals surface area contributed by atoms with Crippen LogP contribution in [0, 0.1) is 5.92 Å². The third kappa shape index (κ3) is 3.13. The Bertz CT molecular complexity index is 328. The number of nitrogens with one attached hydrogen (secondary N) is 2. The molecule has 0 aromatic carbocycles. The molecular weight excluding hydrogens is 236 g/mol. The van der Waals surface area contributed by atoms with Crippen LogP contribution in [0.2, 0.25) is 0 Å². The van der Waals surface area contributed by atoms with Crippen LogP contribution in [0.5, 0.6) is 0 Å². The van der Waals surface area contributed by atoms with Crippen LogP contribution in [0.1, 0.15) is 32.1 Å². The van der Waals surface area contributed by atoms with Gasteiger partial charge in [-0.1, -0.05) is 0 Å². The summed E-state index contributed by atoms with van der Waals surface area (Å²) < 4.78 is 5.13. The topological polar surface area (TPSA) is 87.7 Å². The number of methoxy groups -OCH3 is 1. The fourth-order valence-electron chi connectivity index (χ4n) is 2.63. The highest BCUT2D eigenvalue weighted by atomic mass is 16.5. The maximum Gasteiger partial charge on any atom is 0.315 e. The number of carbonyl (C=O) groups excluding carboxylic acids is 1. The van der Waals surface area contributed by atoms with E-state index in [-0.39, 0.29) is 30.1 Å². The van der Waals surface area contributed by atoms with Crippen molar-refractivity contribution in [1.29, 1.82) is 0 Å². The summed E-state index contributed by atoms with van der Waals surface area (Å²) in [6, 6.07) is -0.0124. The van der Waals surface area contributed by atoms with E-state index in [1.54, 1.807) is 7.11 Å². The highest BCUT2D eigenvalue weighted by molar-refractivity contribution is 5.75. The summed E-state index contributed by atoms with van der Waals surface area (Å²) in [5.74, 6) is -1.07. The van der Waals surface area contributed by atoms with Crippen molar-refractivity contribution in [2.75, 3.05) is 7.11 Å². The van der Waals surface area contributed by atoms with E-state index in [0.717, 1.165) is 19.3 Å². The first-order valence-corrected chi connectivity index (χ1v) is 6.41. The van der Waals surface area contributed by atoms with Gasteiger partial charge in [0.2, 0.25) is 0 Å². The Morgan fingerprint density at radius 1 is 1.11 bits per heavy atom. The van der Waals surface area contributed by atoms with E-state index in [1.807, 2.05) is 0 Å². The average molecular weight is 256 g/mol. The summed E-state index contributed by atoms with van der Waals surface area (Å²) in [6.45, 7) is 0. The molecule has 0 saturated heterocycles. The van der Waals surface area contributed by atoms with Crippen molar-refractivity contribution in [2.45, 2.75) is 50.3 Å². The van der Waals surface area contributed by atoms with Crippen LogP contribution in [0.4, 0.5) is 4.79 Å². The molecule has 0 spiro atoms. The molecule has 0 aliphatic heterocycles. The Morgan fingerprint density at radius 3 is 2.33 bits per heavy atom. The van der Waals surface area contributed by atoms with Gasteiger partial charge in [0, 0.05) is 19.2 Å². The summed E-state index contributed by atoms with van der Waals surface area (Å²) >= 11 is 0. The summed E-state index contributed by atoms with van der Waals surface area (Å²) in [7, 11) is 1.67. The Labute approximate surface area is 106 Å². The number of ether oxygens (including phenoxy) is 1. The van der Waals surface area contributed by atoms with Crippen LogP contribution >= 0.6 is 0 Å². The highest BCUT2D eigenvalue weighted by Crippen LogP contribution is 2.26. The molecule has 0 aromatic heterocycles. The van der Waals surface area contributed by atoms with Crippen molar-refractivity contribution < 1.29 is 19.4 Å². The van der Waals surface area contributed by atoms with Crippen molar-refractivity contribution in [3.8, 4) is 0 Å². The predicted octanol–water partition coefficient (Wildman–Crippen LogP) is 0.716. The molecule has 2 aliphatic carbocycles. The van der Waals surface area contributed by atoms with Crippen molar-refractivity contribution in [1.82, 2.24) is 10.6 Å². The summed E-state index contributed by atoms with van der Waals surface area (Å²) in [5, 5.41) is 14.6. The second kappa shape index (κ2) is 5.56. The second-order valence-corrected chi connectivity index (χ2v) is 5.19. The standard InChI is InChI=1S/C12H20N2O4/c1-18-10-5-9(6-10)14-12(17)13-8-3-2-7(4-8)11(15)16/h7-10H,2-6H2,1H3,(H,15,16)(H2,13,14,17)/t7-,8+,9?,10?/m1/s1. The first kappa shape index (κ1) is 13.1. The average Bonchev–Trinajstić information content (AvgIpc) is 2.71. The zero-order valence-corrected chi connectivity index (χ0v) is 10.5. The van der Waals surface area contributed by atoms with Gasteiger partial charge in [0.05, 0.1) is 12.0 Å². The van der Waals surface area contributed by atoms with Gasteiger partial charge in [-0.15, -0.1) is 0 Å². The fraction of sp³-hybridized carbons (Fsp3) is 0.833. The van der Waals surface area contributed by atoms with Crippen molar-refractivity contribution in [3.05, 3.63) is 0 Å². The van der Waals surface area contributed by atoms with E-state index >= 15 is 0 Å². The molecular formula is C12H20N2O4. The number of hydrogen-bond donors (Lipinski definition) is 3. The van der Waals surface area contributed by atoms with Crippen LogP contribution in [0.15, 0.2) is 0 Å². The van der Waals surface area contributed by atoms with E-state index in [1.165, 1.54) is 0 Å². The molecule has 2 amide bonds. The third-order valence-corrected chi connectivity index (χ3v) is 3.88. The lowest BCUT2D eigenvalue weighted by atomic mass is 9.89. The maximum atomic E-state index is 11.7. The largest absolute Gasteiger partial charge is 0.481 e. The van der Waals surface area contributed by atoms with Crippen LogP contribution in [-0.2, 0) is 9.53 Å². The number of amides is 2. The van der Waals surface area contributed by atoms with Gasteiger partial charge in [0.1, 0.15) is 0 Å². The number of aliphatic carboxylic acids is 1. The van der Waals surface area contributed by atoms with Gasteiger partial charge in [-0.25, -0.2) is 4.79 Å². The van der Waals surface area contributed by atoms with Crippen molar-refractivity contribution >= 4 is 12.0 Å². The van der Waals surface area contributed by atoms with E-state index in [4.69, 9.17) is 9.84 Å². The fourth-order valence-corrected chi connectivity index (χ4v) is 2.63. The minimum atomic E-state index is -0.762. The number of rotatable bonds is 4. The molecule has 3 N–H and O–H groups in total. The van der Waals surface area contributed by atoms with Gasteiger partial charge in [-0.3, -0.25) is 4.79 Å². The molecule has 0 bridgehead atoms. The highest BCUT2D eigenvalue weighted by Gasteiger charge is 2.33. The summed E-state index contributed by atoms with van der Waals surface area (Å²) in [6.07, 6.45) is 3.90. The van der Waals surface area contributed by atoms with Crippen LogP contribution < -0.4 is 10.6 Å². The minimum Gasteiger partial charge on any atom is -0.481 e. The Balaban J connectivity index is 1.65. The Kier molecular flexibility index (Phi) is 4.06. The molecule has 18 heavy (non-hydrogen) atoms. The lowest BCUT2D eigenvalue weighted by Gasteiger charge is -2.34. The van der Waals surface area contributed by atoms with Gasteiger partial charge < -0.3 is 20.5 Å². The second-order valence-electron chi connectivity index (χ2n) is 5.19. The summed E-state index contributed by atoms with van der Waals surface area (Å²) in [5.41, 5.74) is 0.